The third-order valence-corrected chi connectivity index (χ3v) is 5.28. The number of para-hydroxylation sites is 1. The van der Waals surface area contributed by atoms with Gasteiger partial charge in [0.1, 0.15) is 0 Å². The summed E-state index contributed by atoms with van der Waals surface area (Å²) >= 11 is 5.83. The zero-order valence-electron chi connectivity index (χ0n) is 11.9. The maximum Gasteiger partial charge on any atom is 0.355 e. The lowest BCUT2D eigenvalue weighted by molar-refractivity contribution is 0.405. The number of methoxy groups -OCH3 is 1. The van der Waals surface area contributed by atoms with Crippen LogP contribution in [0.4, 0.5) is 0 Å². The normalized spacial score (nSPS) is 11.6. The molecule has 0 amide bonds. The van der Waals surface area contributed by atoms with Crippen molar-refractivity contribution in [2.75, 3.05) is 7.11 Å². The van der Waals surface area contributed by atoms with Gasteiger partial charge < -0.3 is 9.15 Å². The van der Waals surface area contributed by atoms with Crippen molar-refractivity contribution >= 4 is 32.4 Å². The van der Waals surface area contributed by atoms with Gasteiger partial charge in [-0.05, 0) is 30.3 Å². The van der Waals surface area contributed by atoms with E-state index in [0.29, 0.717) is 11.1 Å². The molecular formula is C16H11ClO5S. The highest BCUT2D eigenvalue weighted by atomic mass is 35.5. The molecule has 23 heavy (non-hydrogen) atoms. The first kappa shape index (κ1) is 15.6. The van der Waals surface area contributed by atoms with Gasteiger partial charge >= 0.3 is 5.63 Å². The third-order valence-electron chi connectivity index (χ3n) is 3.31. The highest BCUT2D eigenvalue weighted by molar-refractivity contribution is 7.91. The molecule has 0 spiro atoms. The summed E-state index contributed by atoms with van der Waals surface area (Å²) in [6.07, 6.45) is 0. The Balaban J connectivity index is 2.28. The number of fused-ring (bicyclic) bond motifs is 1. The van der Waals surface area contributed by atoms with Crippen molar-refractivity contribution < 1.29 is 17.6 Å². The molecule has 0 atom stereocenters. The molecule has 0 aliphatic carbocycles. The smallest absolute Gasteiger partial charge is 0.355 e. The van der Waals surface area contributed by atoms with Crippen molar-refractivity contribution in [1.29, 1.82) is 0 Å². The molecule has 5 nitrogen and oxygen atoms in total. The first-order valence-corrected chi connectivity index (χ1v) is 8.41. The Hall–Kier alpha value is -2.31. The highest BCUT2D eigenvalue weighted by Crippen LogP contribution is 2.28. The minimum Gasteiger partial charge on any atom is -0.493 e. The zero-order valence-corrected chi connectivity index (χ0v) is 13.5. The summed E-state index contributed by atoms with van der Waals surface area (Å²) in [7, 11) is -2.60. The number of ether oxygens (including phenoxy) is 1. The summed E-state index contributed by atoms with van der Waals surface area (Å²) in [6, 6.07) is 11.9. The number of benzene rings is 2. The Morgan fingerprint density at radius 1 is 1.09 bits per heavy atom. The molecule has 0 aliphatic heterocycles. The second-order valence-corrected chi connectivity index (χ2v) is 7.09. The van der Waals surface area contributed by atoms with Crippen LogP contribution in [0.3, 0.4) is 0 Å². The molecule has 0 unspecified atom stereocenters. The quantitative estimate of drug-likeness (QED) is 0.678. The maximum atomic E-state index is 12.7. The van der Waals surface area contributed by atoms with E-state index in [0.717, 1.165) is 0 Å². The van der Waals surface area contributed by atoms with Gasteiger partial charge in [-0.25, -0.2) is 13.2 Å². The summed E-state index contributed by atoms with van der Waals surface area (Å²) in [5.41, 5.74) is -0.757. The Labute approximate surface area is 137 Å². The van der Waals surface area contributed by atoms with Crippen molar-refractivity contribution in [2.45, 2.75) is 9.79 Å². The fourth-order valence-electron chi connectivity index (χ4n) is 2.21. The summed E-state index contributed by atoms with van der Waals surface area (Å²) in [5.74, 6) is 0.353. The van der Waals surface area contributed by atoms with E-state index in [1.807, 2.05) is 0 Å². The van der Waals surface area contributed by atoms with Crippen LogP contribution in [0.25, 0.3) is 11.0 Å². The zero-order chi connectivity index (χ0) is 16.6. The van der Waals surface area contributed by atoms with Crippen molar-refractivity contribution in [2.24, 2.45) is 0 Å². The van der Waals surface area contributed by atoms with E-state index >= 15 is 0 Å². The Bertz CT molecular complexity index is 1050. The Kier molecular flexibility index (Phi) is 3.87. The van der Waals surface area contributed by atoms with E-state index < -0.39 is 20.4 Å². The van der Waals surface area contributed by atoms with Crippen LogP contribution in [0.1, 0.15) is 0 Å². The average molecular weight is 351 g/mol. The minimum absolute atomic E-state index is 0.0699. The van der Waals surface area contributed by atoms with Crippen LogP contribution >= 0.6 is 11.6 Å². The van der Waals surface area contributed by atoms with Crippen molar-refractivity contribution in [3.63, 3.8) is 0 Å². The molecule has 0 saturated heterocycles. The highest BCUT2D eigenvalue weighted by Gasteiger charge is 2.24. The molecule has 0 saturated carbocycles. The SMILES string of the molecule is COc1cccc2cc(S(=O)(=O)c3cccc(Cl)c3)c(=O)oc12. The minimum atomic E-state index is -4.03. The topological polar surface area (TPSA) is 73.6 Å². The molecule has 7 heteroatoms. The predicted octanol–water partition coefficient (Wildman–Crippen LogP) is 3.29. The first-order chi connectivity index (χ1) is 10.9. The fraction of sp³-hybridized carbons (Fsp3) is 0.0625. The van der Waals surface area contributed by atoms with Crippen LogP contribution in [-0.4, -0.2) is 15.5 Å². The Morgan fingerprint density at radius 2 is 1.83 bits per heavy atom. The standard InChI is InChI=1S/C16H11ClO5S/c1-21-13-7-2-4-10-8-14(16(18)22-15(10)13)23(19,20)12-6-3-5-11(17)9-12/h2-9H,1H3. The molecule has 1 aromatic heterocycles. The van der Waals surface area contributed by atoms with Crippen LogP contribution < -0.4 is 10.4 Å². The van der Waals surface area contributed by atoms with Crippen molar-refractivity contribution in [1.82, 2.24) is 0 Å². The summed E-state index contributed by atoms with van der Waals surface area (Å²) in [5, 5.41) is 0.711. The number of sulfone groups is 1. The van der Waals surface area contributed by atoms with Gasteiger partial charge in [0.25, 0.3) is 0 Å². The van der Waals surface area contributed by atoms with Gasteiger partial charge in [0, 0.05) is 10.4 Å². The van der Waals surface area contributed by atoms with Crippen LogP contribution in [0.15, 0.2) is 67.5 Å². The van der Waals surface area contributed by atoms with Gasteiger partial charge in [-0.2, -0.15) is 0 Å². The third kappa shape index (κ3) is 2.71. The van der Waals surface area contributed by atoms with Gasteiger partial charge in [0.15, 0.2) is 16.2 Å². The average Bonchev–Trinajstić information content (AvgIpc) is 2.53. The molecule has 0 bridgehead atoms. The van der Waals surface area contributed by atoms with Crippen LogP contribution in [0, 0.1) is 0 Å². The van der Waals surface area contributed by atoms with E-state index in [1.54, 1.807) is 24.3 Å². The summed E-state index contributed by atoms with van der Waals surface area (Å²) < 4.78 is 35.6. The van der Waals surface area contributed by atoms with Gasteiger partial charge in [0.2, 0.25) is 9.84 Å². The lowest BCUT2D eigenvalue weighted by atomic mass is 10.2. The molecule has 3 aromatic rings. The summed E-state index contributed by atoms with van der Waals surface area (Å²) in [4.78, 5) is 11.7. The second kappa shape index (κ2) is 5.72. The number of hydrogen-bond donors (Lipinski definition) is 0. The molecular weight excluding hydrogens is 340 g/mol. The second-order valence-electron chi connectivity index (χ2n) is 4.74. The van der Waals surface area contributed by atoms with Gasteiger partial charge in [0.05, 0.1) is 12.0 Å². The number of rotatable bonds is 3. The van der Waals surface area contributed by atoms with Crippen LogP contribution in [-0.2, 0) is 9.84 Å². The first-order valence-electron chi connectivity index (χ1n) is 6.55. The monoisotopic (exact) mass is 350 g/mol. The van der Waals surface area contributed by atoms with E-state index in [4.69, 9.17) is 20.8 Å². The van der Waals surface area contributed by atoms with Crippen molar-refractivity contribution in [3.8, 4) is 5.75 Å². The van der Waals surface area contributed by atoms with E-state index in [1.165, 1.54) is 31.4 Å². The van der Waals surface area contributed by atoms with E-state index in [9.17, 15) is 13.2 Å². The Morgan fingerprint density at radius 3 is 2.52 bits per heavy atom. The van der Waals surface area contributed by atoms with E-state index in [2.05, 4.69) is 0 Å². The largest absolute Gasteiger partial charge is 0.493 e. The lowest BCUT2D eigenvalue weighted by Gasteiger charge is -2.07. The van der Waals surface area contributed by atoms with Gasteiger partial charge in [-0.15, -0.1) is 0 Å². The molecule has 118 valence electrons. The van der Waals surface area contributed by atoms with Crippen molar-refractivity contribution in [3.05, 3.63) is 64.0 Å². The summed E-state index contributed by atoms with van der Waals surface area (Å²) in [6.45, 7) is 0. The molecule has 1 heterocycles. The molecule has 0 N–H and O–H groups in total. The molecule has 0 radical (unpaired) electrons. The fourth-order valence-corrected chi connectivity index (χ4v) is 3.80. The number of hydrogen-bond acceptors (Lipinski definition) is 5. The van der Waals surface area contributed by atoms with Crippen LogP contribution in [0.2, 0.25) is 5.02 Å². The van der Waals surface area contributed by atoms with Crippen LogP contribution in [0.5, 0.6) is 5.75 Å². The van der Waals surface area contributed by atoms with Gasteiger partial charge in [-0.3, -0.25) is 0 Å². The van der Waals surface area contributed by atoms with Gasteiger partial charge in [-0.1, -0.05) is 29.8 Å². The number of halogens is 1. The molecule has 3 rings (SSSR count). The molecule has 0 fully saturated rings. The van der Waals surface area contributed by atoms with E-state index in [-0.39, 0.29) is 15.5 Å². The molecule has 0 aliphatic rings. The molecule has 2 aromatic carbocycles. The maximum absolute atomic E-state index is 12.7. The lowest BCUT2D eigenvalue weighted by Crippen LogP contribution is -2.14. The predicted molar refractivity (Wildman–Crippen MR) is 85.9 cm³/mol.